The van der Waals surface area contributed by atoms with Gasteiger partial charge in [0.2, 0.25) is 0 Å². The lowest BCUT2D eigenvalue weighted by Gasteiger charge is -2.24. The molecule has 0 saturated carbocycles. The summed E-state index contributed by atoms with van der Waals surface area (Å²) in [7, 11) is 2.94. The minimum absolute atomic E-state index is 0.142. The number of benzene rings is 1. The highest BCUT2D eigenvalue weighted by Gasteiger charge is 2.23. The molecule has 2 aromatic rings. The van der Waals surface area contributed by atoms with E-state index in [4.69, 9.17) is 14.2 Å². The highest BCUT2D eigenvalue weighted by atomic mass is 16.6. The zero-order chi connectivity index (χ0) is 17.0. The quantitative estimate of drug-likeness (QED) is 0.845. The van der Waals surface area contributed by atoms with Crippen LogP contribution in [0.2, 0.25) is 0 Å². The van der Waals surface area contributed by atoms with Crippen LogP contribution in [0.4, 0.5) is 0 Å². The fourth-order valence-electron chi connectivity index (χ4n) is 2.16. The first kappa shape index (κ1) is 17.0. The van der Waals surface area contributed by atoms with Gasteiger partial charge in [-0.2, -0.15) is 9.97 Å². The van der Waals surface area contributed by atoms with E-state index >= 15 is 0 Å². The van der Waals surface area contributed by atoms with Crippen LogP contribution in [0.25, 0.3) is 11.4 Å². The number of nitrogens with zero attached hydrogens (tertiary/aromatic N) is 3. The minimum Gasteiger partial charge on any atom is -0.467 e. The van der Waals surface area contributed by atoms with E-state index in [-0.39, 0.29) is 17.4 Å². The van der Waals surface area contributed by atoms with Crippen LogP contribution in [0.15, 0.2) is 18.2 Å². The van der Waals surface area contributed by atoms with Crippen LogP contribution in [-0.4, -0.2) is 41.1 Å². The maximum atomic E-state index is 9.26. The largest absolute Gasteiger partial charge is 0.467 e. The van der Waals surface area contributed by atoms with Crippen molar-refractivity contribution in [3.63, 3.8) is 0 Å². The summed E-state index contributed by atoms with van der Waals surface area (Å²) in [6, 6.07) is 5.94. The second kappa shape index (κ2) is 6.78. The number of aromatic nitrogens is 3. The van der Waals surface area contributed by atoms with Crippen molar-refractivity contribution >= 4 is 0 Å². The van der Waals surface area contributed by atoms with Crippen LogP contribution in [0.1, 0.15) is 26.3 Å². The first-order valence-electron chi connectivity index (χ1n) is 7.12. The van der Waals surface area contributed by atoms with E-state index in [2.05, 4.69) is 35.7 Å². The Balaban J connectivity index is 2.68. The van der Waals surface area contributed by atoms with Gasteiger partial charge in [-0.25, -0.2) is 0 Å². The summed E-state index contributed by atoms with van der Waals surface area (Å²) in [5.41, 5.74) is 1.38. The molecule has 0 saturated heterocycles. The maximum Gasteiger partial charge on any atom is 0.322 e. The van der Waals surface area contributed by atoms with Gasteiger partial charge in [0.05, 0.1) is 19.8 Å². The number of para-hydroxylation sites is 1. The van der Waals surface area contributed by atoms with Gasteiger partial charge in [-0.3, -0.25) is 0 Å². The molecule has 0 aliphatic heterocycles. The molecule has 0 radical (unpaired) electrons. The van der Waals surface area contributed by atoms with E-state index in [1.54, 1.807) is 0 Å². The van der Waals surface area contributed by atoms with E-state index in [1.807, 2.05) is 18.2 Å². The molecule has 1 aromatic heterocycles. The van der Waals surface area contributed by atoms with Gasteiger partial charge in [0.15, 0.2) is 12.6 Å². The monoisotopic (exact) mass is 319 g/mol. The average molecular weight is 319 g/mol. The van der Waals surface area contributed by atoms with Crippen molar-refractivity contribution < 1.29 is 19.3 Å². The maximum absolute atomic E-state index is 9.26. The van der Waals surface area contributed by atoms with Crippen LogP contribution in [0.5, 0.6) is 17.8 Å². The summed E-state index contributed by atoms with van der Waals surface area (Å²) >= 11 is 0. The molecule has 1 N–H and O–H groups in total. The van der Waals surface area contributed by atoms with Gasteiger partial charge in [-0.1, -0.05) is 32.9 Å². The lowest BCUT2D eigenvalue weighted by atomic mass is 9.85. The molecule has 124 valence electrons. The summed E-state index contributed by atoms with van der Waals surface area (Å²) in [6.07, 6.45) is 0. The molecular formula is C16H21N3O4. The predicted octanol–water partition coefficient (Wildman–Crippen LogP) is 2.18. The summed E-state index contributed by atoms with van der Waals surface area (Å²) in [5.74, 6) is 0.876. The van der Waals surface area contributed by atoms with Crippen LogP contribution < -0.4 is 14.2 Å². The summed E-state index contributed by atoms with van der Waals surface area (Å²) in [6.45, 7) is 5.74. The molecular weight excluding hydrogens is 298 g/mol. The Hall–Kier alpha value is -2.41. The number of aliphatic hydroxyl groups is 1. The smallest absolute Gasteiger partial charge is 0.322 e. The van der Waals surface area contributed by atoms with E-state index in [0.29, 0.717) is 17.1 Å². The second-order valence-corrected chi connectivity index (χ2v) is 5.84. The van der Waals surface area contributed by atoms with Crippen molar-refractivity contribution in [3.05, 3.63) is 23.8 Å². The molecule has 7 heteroatoms. The lowest BCUT2D eigenvalue weighted by molar-refractivity contribution is 0.0971. The molecule has 0 fully saturated rings. The van der Waals surface area contributed by atoms with E-state index < -0.39 is 6.79 Å². The molecule has 0 unspecified atom stereocenters. The Morgan fingerprint density at radius 2 is 1.61 bits per heavy atom. The van der Waals surface area contributed by atoms with Crippen LogP contribution >= 0.6 is 0 Å². The Morgan fingerprint density at radius 3 is 2.09 bits per heavy atom. The molecule has 1 aromatic carbocycles. The molecule has 0 aliphatic rings. The van der Waals surface area contributed by atoms with Crippen LogP contribution in [0, 0.1) is 0 Å². The van der Waals surface area contributed by atoms with Crippen molar-refractivity contribution in [3.8, 4) is 29.2 Å². The number of hydrogen-bond acceptors (Lipinski definition) is 7. The van der Waals surface area contributed by atoms with Crippen LogP contribution in [0.3, 0.4) is 0 Å². The van der Waals surface area contributed by atoms with Crippen molar-refractivity contribution in [2.45, 2.75) is 26.2 Å². The molecule has 1 heterocycles. The van der Waals surface area contributed by atoms with E-state index in [0.717, 1.165) is 5.56 Å². The summed E-state index contributed by atoms with van der Waals surface area (Å²) < 4.78 is 15.6. The first-order valence-corrected chi connectivity index (χ1v) is 7.12. The van der Waals surface area contributed by atoms with Gasteiger partial charge >= 0.3 is 12.0 Å². The molecule has 0 aliphatic carbocycles. The van der Waals surface area contributed by atoms with Crippen LogP contribution in [-0.2, 0) is 5.41 Å². The topological polar surface area (TPSA) is 86.6 Å². The number of aliphatic hydroxyl groups excluding tert-OH is 1. The zero-order valence-electron chi connectivity index (χ0n) is 14.0. The average Bonchev–Trinajstić information content (AvgIpc) is 2.53. The van der Waals surface area contributed by atoms with Gasteiger partial charge in [-0.15, -0.1) is 4.98 Å². The minimum atomic E-state index is -0.445. The normalized spacial score (nSPS) is 11.2. The van der Waals surface area contributed by atoms with Crippen molar-refractivity contribution in [2.24, 2.45) is 0 Å². The molecule has 23 heavy (non-hydrogen) atoms. The fraction of sp³-hybridized carbons (Fsp3) is 0.438. The van der Waals surface area contributed by atoms with Gasteiger partial charge in [-0.05, 0) is 11.5 Å². The molecule has 0 atom stereocenters. The fourth-order valence-corrected chi connectivity index (χ4v) is 2.16. The number of ether oxygens (including phenoxy) is 3. The highest BCUT2D eigenvalue weighted by Crippen LogP contribution is 2.38. The summed E-state index contributed by atoms with van der Waals surface area (Å²) in [4.78, 5) is 12.5. The van der Waals surface area contributed by atoms with E-state index in [1.165, 1.54) is 14.2 Å². The Morgan fingerprint density at radius 1 is 1.00 bits per heavy atom. The number of hydrogen-bond donors (Lipinski definition) is 1. The van der Waals surface area contributed by atoms with Gasteiger partial charge < -0.3 is 19.3 Å². The third kappa shape index (κ3) is 3.68. The van der Waals surface area contributed by atoms with Gasteiger partial charge in [0, 0.05) is 5.56 Å². The Kier molecular flexibility index (Phi) is 5.00. The van der Waals surface area contributed by atoms with Crippen molar-refractivity contribution in [2.75, 3.05) is 21.0 Å². The Labute approximate surface area is 135 Å². The number of rotatable bonds is 5. The highest BCUT2D eigenvalue weighted by molar-refractivity contribution is 5.68. The molecule has 7 nitrogen and oxygen atoms in total. The standard InChI is InChI=1S/C16H21N3O4/c1-16(2,3)11-8-6-7-10(12(11)23-9-20)13-17-14(21-4)19-15(18-13)22-5/h6-8,20H,9H2,1-5H3. The second-order valence-electron chi connectivity index (χ2n) is 5.84. The van der Waals surface area contributed by atoms with Gasteiger partial charge in [0.1, 0.15) is 5.75 Å². The van der Waals surface area contributed by atoms with E-state index in [9.17, 15) is 5.11 Å². The first-order chi connectivity index (χ1) is 10.9. The number of methoxy groups -OCH3 is 2. The predicted molar refractivity (Wildman–Crippen MR) is 84.8 cm³/mol. The third-order valence-corrected chi connectivity index (χ3v) is 3.23. The van der Waals surface area contributed by atoms with Crippen molar-refractivity contribution in [1.29, 1.82) is 0 Å². The SMILES string of the molecule is COc1nc(OC)nc(-c2cccc(C(C)(C)C)c2OCO)n1. The molecule has 0 spiro atoms. The summed E-state index contributed by atoms with van der Waals surface area (Å²) in [5, 5.41) is 9.26. The third-order valence-electron chi connectivity index (χ3n) is 3.23. The van der Waals surface area contributed by atoms with Crippen molar-refractivity contribution in [1.82, 2.24) is 15.0 Å². The zero-order valence-corrected chi connectivity index (χ0v) is 14.0. The Bertz CT molecular complexity index is 661. The van der Waals surface area contributed by atoms with Gasteiger partial charge in [0.25, 0.3) is 0 Å². The molecule has 0 amide bonds. The molecule has 0 bridgehead atoms. The lowest BCUT2D eigenvalue weighted by Crippen LogP contribution is -2.15. The molecule has 2 rings (SSSR count).